The second-order valence-electron chi connectivity index (χ2n) is 7.83. The SMILES string of the molecule is Cc1nonc1CC(=O)N1CCC(CNC(=O)C2CCc3ccccc32)CC1. The number of nitrogens with one attached hydrogen (secondary N) is 1. The van der Waals surface area contributed by atoms with E-state index in [-0.39, 0.29) is 24.2 Å². The number of aromatic nitrogens is 2. The van der Waals surface area contributed by atoms with E-state index in [1.807, 2.05) is 17.0 Å². The summed E-state index contributed by atoms with van der Waals surface area (Å²) in [5.74, 6) is 0.596. The van der Waals surface area contributed by atoms with Gasteiger partial charge in [-0.05, 0) is 49.7 Å². The van der Waals surface area contributed by atoms with E-state index in [2.05, 4.69) is 32.4 Å². The molecule has 0 radical (unpaired) electrons. The van der Waals surface area contributed by atoms with Crippen LogP contribution in [0.5, 0.6) is 0 Å². The van der Waals surface area contributed by atoms with E-state index < -0.39 is 0 Å². The summed E-state index contributed by atoms with van der Waals surface area (Å²) >= 11 is 0. The Bertz CT molecular complexity index is 855. The van der Waals surface area contributed by atoms with Crippen LogP contribution in [0.2, 0.25) is 0 Å². The molecule has 1 unspecified atom stereocenters. The quantitative estimate of drug-likeness (QED) is 0.855. The number of benzene rings is 1. The Hall–Kier alpha value is -2.70. The van der Waals surface area contributed by atoms with Crippen molar-refractivity contribution in [2.24, 2.45) is 5.92 Å². The van der Waals surface area contributed by atoms with Crippen LogP contribution in [0.3, 0.4) is 0 Å². The van der Waals surface area contributed by atoms with Crippen molar-refractivity contribution in [3.63, 3.8) is 0 Å². The molecule has 0 bridgehead atoms. The molecule has 7 nitrogen and oxygen atoms in total. The highest BCUT2D eigenvalue weighted by Crippen LogP contribution is 2.33. The molecule has 2 aromatic rings. The van der Waals surface area contributed by atoms with Gasteiger partial charge in [0.2, 0.25) is 11.8 Å². The molecule has 0 saturated carbocycles. The highest BCUT2D eigenvalue weighted by molar-refractivity contribution is 5.85. The lowest BCUT2D eigenvalue weighted by molar-refractivity contribution is -0.132. The van der Waals surface area contributed by atoms with Gasteiger partial charge in [0.1, 0.15) is 11.4 Å². The molecular formula is C21H26N4O3. The smallest absolute Gasteiger partial charge is 0.228 e. The van der Waals surface area contributed by atoms with Crippen LogP contribution >= 0.6 is 0 Å². The molecule has 2 aliphatic rings. The molecule has 2 heterocycles. The van der Waals surface area contributed by atoms with Gasteiger partial charge in [-0.2, -0.15) is 0 Å². The first kappa shape index (κ1) is 18.7. The number of hydrogen-bond acceptors (Lipinski definition) is 5. The van der Waals surface area contributed by atoms with Crippen LogP contribution in [0.15, 0.2) is 28.9 Å². The minimum absolute atomic E-state index is 0.0165. The van der Waals surface area contributed by atoms with Crippen LogP contribution in [0.25, 0.3) is 0 Å². The maximum atomic E-state index is 12.6. The Labute approximate surface area is 164 Å². The molecule has 1 fully saturated rings. The lowest BCUT2D eigenvalue weighted by Gasteiger charge is -2.32. The van der Waals surface area contributed by atoms with Crippen molar-refractivity contribution >= 4 is 11.8 Å². The Morgan fingerprint density at radius 3 is 2.71 bits per heavy atom. The number of rotatable bonds is 5. The fourth-order valence-corrected chi connectivity index (χ4v) is 4.25. The van der Waals surface area contributed by atoms with Gasteiger partial charge >= 0.3 is 0 Å². The third-order valence-electron chi connectivity index (χ3n) is 6.05. The van der Waals surface area contributed by atoms with Crippen LogP contribution < -0.4 is 5.32 Å². The average Bonchev–Trinajstić information content (AvgIpc) is 3.33. The molecule has 28 heavy (non-hydrogen) atoms. The lowest BCUT2D eigenvalue weighted by atomic mass is 9.95. The molecule has 7 heteroatoms. The van der Waals surface area contributed by atoms with E-state index in [4.69, 9.17) is 0 Å². The second-order valence-corrected chi connectivity index (χ2v) is 7.83. The van der Waals surface area contributed by atoms with Crippen LogP contribution in [0, 0.1) is 12.8 Å². The number of aryl methyl sites for hydroxylation is 2. The molecule has 0 spiro atoms. The summed E-state index contributed by atoms with van der Waals surface area (Å²) in [6.45, 7) is 3.91. The van der Waals surface area contributed by atoms with Crippen LogP contribution in [-0.2, 0) is 22.4 Å². The van der Waals surface area contributed by atoms with E-state index in [0.29, 0.717) is 23.9 Å². The Kier molecular flexibility index (Phi) is 5.41. The van der Waals surface area contributed by atoms with Crippen LogP contribution in [0.4, 0.5) is 0 Å². The number of likely N-dealkylation sites (tertiary alicyclic amines) is 1. The monoisotopic (exact) mass is 382 g/mol. The van der Waals surface area contributed by atoms with Gasteiger partial charge in [0, 0.05) is 19.6 Å². The zero-order chi connectivity index (χ0) is 19.5. The summed E-state index contributed by atoms with van der Waals surface area (Å²) in [5.41, 5.74) is 3.75. The zero-order valence-corrected chi connectivity index (χ0v) is 16.2. The Morgan fingerprint density at radius 1 is 1.18 bits per heavy atom. The molecule has 2 amide bonds. The molecular weight excluding hydrogens is 356 g/mol. The van der Waals surface area contributed by atoms with Gasteiger partial charge in [-0.3, -0.25) is 9.59 Å². The third-order valence-corrected chi connectivity index (χ3v) is 6.05. The molecule has 1 saturated heterocycles. The normalized spacial score (nSPS) is 19.5. The highest BCUT2D eigenvalue weighted by Gasteiger charge is 2.29. The number of carbonyl (C=O) groups excluding carboxylic acids is 2. The van der Waals surface area contributed by atoms with Crippen molar-refractivity contribution in [1.82, 2.24) is 20.5 Å². The molecule has 1 aromatic heterocycles. The van der Waals surface area contributed by atoms with Gasteiger partial charge in [0.05, 0.1) is 12.3 Å². The molecule has 1 aliphatic carbocycles. The van der Waals surface area contributed by atoms with Gasteiger partial charge in [-0.15, -0.1) is 0 Å². The van der Waals surface area contributed by atoms with E-state index >= 15 is 0 Å². The molecule has 1 aliphatic heterocycles. The second kappa shape index (κ2) is 8.12. The summed E-state index contributed by atoms with van der Waals surface area (Å²) in [6, 6.07) is 8.23. The van der Waals surface area contributed by atoms with Gasteiger partial charge in [0.15, 0.2) is 0 Å². The molecule has 4 rings (SSSR count). The summed E-state index contributed by atoms with van der Waals surface area (Å²) in [6.07, 6.45) is 3.92. The zero-order valence-electron chi connectivity index (χ0n) is 16.2. The van der Waals surface area contributed by atoms with E-state index in [1.54, 1.807) is 6.92 Å². The molecule has 1 aromatic carbocycles. The number of hydrogen-bond donors (Lipinski definition) is 1. The topological polar surface area (TPSA) is 88.3 Å². The van der Waals surface area contributed by atoms with Crippen molar-refractivity contribution in [3.8, 4) is 0 Å². The first-order chi connectivity index (χ1) is 13.6. The number of fused-ring (bicyclic) bond motifs is 1. The predicted octanol–water partition coefficient (Wildman–Crippen LogP) is 2.01. The average molecular weight is 382 g/mol. The Balaban J connectivity index is 1.22. The lowest BCUT2D eigenvalue weighted by Crippen LogP contribution is -2.42. The van der Waals surface area contributed by atoms with Crippen molar-refractivity contribution in [1.29, 1.82) is 0 Å². The minimum Gasteiger partial charge on any atom is -0.355 e. The van der Waals surface area contributed by atoms with E-state index in [9.17, 15) is 9.59 Å². The molecule has 1 atom stereocenters. The van der Waals surface area contributed by atoms with Crippen molar-refractivity contribution < 1.29 is 14.2 Å². The predicted molar refractivity (Wildman–Crippen MR) is 103 cm³/mol. The summed E-state index contributed by atoms with van der Waals surface area (Å²) < 4.78 is 4.66. The van der Waals surface area contributed by atoms with Crippen molar-refractivity contribution in [3.05, 3.63) is 46.8 Å². The van der Waals surface area contributed by atoms with E-state index in [1.165, 1.54) is 11.1 Å². The number of amides is 2. The van der Waals surface area contributed by atoms with Gasteiger partial charge in [0.25, 0.3) is 0 Å². The highest BCUT2D eigenvalue weighted by atomic mass is 16.6. The maximum Gasteiger partial charge on any atom is 0.228 e. The van der Waals surface area contributed by atoms with Crippen molar-refractivity contribution in [2.75, 3.05) is 19.6 Å². The van der Waals surface area contributed by atoms with E-state index in [0.717, 1.165) is 38.8 Å². The standard InChI is InChI=1S/C21H26N4O3/c1-14-19(24-28-23-14)12-20(26)25-10-8-15(9-11-25)13-22-21(27)18-7-6-16-4-2-3-5-17(16)18/h2-5,15,18H,6-13H2,1H3,(H,22,27). The fraction of sp³-hybridized carbons (Fsp3) is 0.524. The first-order valence-electron chi connectivity index (χ1n) is 10.0. The largest absolute Gasteiger partial charge is 0.355 e. The fourth-order valence-electron chi connectivity index (χ4n) is 4.25. The maximum absolute atomic E-state index is 12.6. The molecule has 1 N–H and O–H groups in total. The van der Waals surface area contributed by atoms with Gasteiger partial charge in [-0.1, -0.05) is 34.6 Å². The number of nitrogens with zero attached hydrogens (tertiary/aromatic N) is 3. The van der Waals surface area contributed by atoms with Crippen LogP contribution in [-0.4, -0.2) is 46.7 Å². The molecule has 148 valence electrons. The minimum atomic E-state index is -0.0165. The van der Waals surface area contributed by atoms with Crippen molar-refractivity contribution in [2.45, 2.75) is 44.9 Å². The van der Waals surface area contributed by atoms with Crippen LogP contribution in [0.1, 0.15) is 47.7 Å². The number of carbonyl (C=O) groups is 2. The first-order valence-corrected chi connectivity index (χ1v) is 10.0. The number of piperidine rings is 1. The Morgan fingerprint density at radius 2 is 1.96 bits per heavy atom. The van der Waals surface area contributed by atoms with Gasteiger partial charge < -0.3 is 10.2 Å². The summed E-state index contributed by atoms with van der Waals surface area (Å²) in [7, 11) is 0. The van der Waals surface area contributed by atoms with Gasteiger partial charge in [-0.25, -0.2) is 4.63 Å². The third kappa shape index (κ3) is 3.93. The summed E-state index contributed by atoms with van der Waals surface area (Å²) in [5, 5.41) is 10.7. The summed E-state index contributed by atoms with van der Waals surface area (Å²) in [4.78, 5) is 26.9.